The molecule has 0 saturated heterocycles. The summed E-state index contributed by atoms with van der Waals surface area (Å²) in [5, 5.41) is 19.6. The Morgan fingerprint density at radius 2 is 2.06 bits per heavy atom. The largest absolute Gasteiger partial charge is 0.389 e. The Kier molecular flexibility index (Phi) is 3.21. The van der Waals surface area contributed by atoms with Crippen molar-refractivity contribution >= 4 is 0 Å². The highest BCUT2D eigenvalue weighted by atomic mass is 16.3. The van der Waals surface area contributed by atoms with Crippen LogP contribution in [0.25, 0.3) is 0 Å². The third kappa shape index (κ3) is 2.34. The van der Waals surface area contributed by atoms with Gasteiger partial charge in [0.05, 0.1) is 12.2 Å². The van der Waals surface area contributed by atoms with Crippen molar-refractivity contribution in [2.75, 3.05) is 0 Å². The molecule has 2 N–H and O–H groups in total. The summed E-state index contributed by atoms with van der Waals surface area (Å²) in [6.45, 7) is 10.6. The van der Waals surface area contributed by atoms with Crippen molar-refractivity contribution in [3.8, 4) is 0 Å². The van der Waals surface area contributed by atoms with Crippen molar-refractivity contribution in [1.82, 2.24) is 0 Å². The molecule has 0 radical (unpaired) electrons. The molecule has 17 heavy (non-hydrogen) atoms. The van der Waals surface area contributed by atoms with Gasteiger partial charge in [0, 0.05) is 0 Å². The third-order valence-electron chi connectivity index (χ3n) is 4.68. The maximum atomic E-state index is 9.93. The van der Waals surface area contributed by atoms with E-state index < -0.39 is 0 Å². The summed E-state index contributed by atoms with van der Waals surface area (Å²) >= 11 is 0. The molecule has 0 aromatic heterocycles. The van der Waals surface area contributed by atoms with E-state index in [4.69, 9.17) is 0 Å². The van der Waals surface area contributed by atoms with Crippen molar-refractivity contribution in [3.63, 3.8) is 0 Å². The molecule has 0 heterocycles. The number of aliphatic hydroxyl groups is 2. The van der Waals surface area contributed by atoms with Gasteiger partial charge < -0.3 is 10.2 Å². The van der Waals surface area contributed by atoms with E-state index >= 15 is 0 Å². The lowest BCUT2D eigenvalue weighted by atomic mass is 9.75. The third-order valence-corrected chi connectivity index (χ3v) is 4.68. The van der Waals surface area contributed by atoms with Crippen LogP contribution in [0, 0.1) is 17.3 Å². The first-order valence-electron chi connectivity index (χ1n) is 6.54. The fourth-order valence-electron chi connectivity index (χ4n) is 3.53. The summed E-state index contributed by atoms with van der Waals surface area (Å²) in [5.74, 6) is 0.826. The van der Waals surface area contributed by atoms with Crippen molar-refractivity contribution in [2.45, 2.75) is 52.2 Å². The predicted octanol–water partition coefficient (Wildman–Crippen LogP) is 2.67. The van der Waals surface area contributed by atoms with Gasteiger partial charge in [-0.25, -0.2) is 0 Å². The average Bonchev–Trinajstić information content (AvgIpc) is 2.59. The zero-order valence-corrected chi connectivity index (χ0v) is 11.1. The number of hydrogen-bond acceptors (Lipinski definition) is 2. The quantitative estimate of drug-likeness (QED) is 0.724. The van der Waals surface area contributed by atoms with E-state index in [0.717, 1.165) is 24.8 Å². The van der Waals surface area contributed by atoms with Gasteiger partial charge in [0.15, 0.2) is 0 Å². The lowest BCUT2D eigenvalue weighted by Gasteiger charge is -2.30. The van der Waals surface area contributed by atoms with E-state index in [9.17, 15) is 10.2 Å². The summed E-state index contributed by atoms with van der Waals surface area (Å²) in [6, 6.07) is 0. The van der Waals surface area contributed by atoms with Gasteiger partial charge in [-0.05, 0) is 49.0 Å². The molecule has 0 bridgehead atoms. The number of aliphatic hydroxyl groups excluding tert-OH is 2. The van der Waals surface area contributed by atoms with Crippen LogP contribution in [-0.2, 0) is 0 Å². The normalized spacial score (nSPS) is 40.8. The molecule has 2 nitrogen and oxygen atoms in total. The van der Waals surface area contributed by atoms with E-state index in [1.165, 1.54) is 5.57 Å². The zero-order valence-electron chi connectivity index (χ0n) is 11.1. The van der Waals surface area contributed by atoms with E-state index in [1.807, 2.05) is 6.08 Å². The first-order valence-corrected chi connectivity index (χ1v) is 6.54. The van der Waals surface area contributed by atoms with E-state index in [1.54, 1.807) is 0 Å². The minimum atomic E-state index is -0.342. The maximum absolute atomic E-state index is 9.93. The van der Waals surface area contributed by atoms with Crippen LogP contribution in [0.15, 0.2) is 23.8 Å². The summed E-state index contributed by atoms with van der Waals surface area (Å²) in [6.07, 6.45) is 4.01. The Morgan fingerprint density at radius 1 is 1.41 bits per heavy atom. The molecular weight excluding hydrogens is 212 g/mol. The number of rotatable bonds is 2. The average molecular weight is 236 g/mol. The Morgan fingerprint density at radius 3 is 2.47 bits per heavy atom. The Labute approximate surface area is 104 Å². The van der Waals surface area contributed by atoms with Gasteiger partial charge in [-0.2, -0.15) is 0 Å². The topological polar surface area (TPSA) is 40.5 Å². The van der Waals surface area contributed by atoms with E-state index in [0.29, 0.717) is 11.8 Å². The first-order chi connectivity index (χ1) is 7.81. The fraction of sp³-hybridized carbons (Fsp3) is 0.733. The van der Waals surface area contributed by atoms with E-state index in [-0.39, 0.29) is 17.6 Å². The molecule has 2 aliphatic rings. The van der Waals surface area contributed by atoms with Crippen LogP contribution in [0.4, 0.5) is 0 Å². The van der Waals surface area contributed by atoms with Gasteiger partial charge in [-0.15, -0.1) is 0 Å². The van der Waals surface area contributed by atoms with Crippen LogP contribution in [0.5, 0.6) is 0 Å². The van der Waals surface area contributed by atoms with Crippen molar-refractivity contribution < 1.29 is 10.2 Å². The van der Waals surface area contributed by atoms with Crippen LogP contribution in [0.3, 0.4) is 0 Å². The van der Waals surface area contributed by atoms with Crippen LogP contribution in [0.2, 0.25) is 0 Å². The lowest BCUT2D eigenvalue weighted by molar-refractivity contribution is 0.173. The van der Waals surface area contributed by atoms with Crippen molar-refractivity contribution in [2.24, 2.45) is 17.3 Å². The zero-order chi connectivity index (χ0) is 12.8. The fourth-order valence-corrected chi connectivity index (χ4v) is 3.53. The number of allylic oxidation sites excluding steroid dienone is 1. The molecule has 0 unspecified atom stereocenters. The van der Waals surface area contributed by atoms with Gasteiger partial charge >= 0.3 is 0 Å². The molecule has 96 valence electrons. The Hall–Kier alpha value is -0.600. The lowest BCUT2D eigenvalue weighted by Crippen LogP contribution is -2.21. The second kappa shape index (κ2) is 4.25. The summed E-state index contributed by atoms with van der Waals surface area (Å²) in [4.78, 5) is 0. The smallest absolute Gasteiger partial charge is 0.0755 e. The minimum absolute atomic E-state index is 0.129. The molecular formula is C15H24O2. The molecule has 0 aromatic rings. The summed E-state index contributed by atoms with van der Waals surface area (Å²) in [7, 11) is 0. The van der Waals surface area contributed by atoms with Crippen LogP contribution >= 0.6 is 0 Å². The van der Waals surface area contributed by atoms with Gasteiger partial charge in [0.1, 0.15) is 0 Å². The molecule has 0 aromatic carbocycles. The van der Waals surface area contributed by atoms with Gasteiger partial charge in [0.2, 0.25) is 0 Å². The van der Waals surface area contributed by atoms with Gasteiger partial charge in [-0.3, -0.25) is 0 Å². The molecule has 0 amide bonds. The highest BCUT2D eigenvalue weighted by Gasteiger charge is 2.44. The molecule has 1 saturated carbocycles. The first kappa shape index (κ1) is 12.8. The second-order valence-electron chi connectivity index (χ2n) is 6.48. The summed E-state index contributed by atoms with van der Waals surface area (Å²) < 4.78 is 0. The SMILES string of the molecule is C=C1[C@H](O)CC(C)(C)[C@@H]1C[C@@H]1C[C@H](O)C=C1C. The van der Waals surface area contributed by atoms with Crippen LogP contribution in [0.1, 0.15) is 40.0 Å². The highest BCUT2D eigenvalue weighted by Crippen LogP contribution is 2.50. The Balaban J connectivity index is 2.09. The molecule has 4 atom stereocenters. The van der Waals surface area contributed by atoms with Gasteiger partial charge in [0.25, 0.3) is 0 Å². The van der Waals surface area contributed by atoms with Crippen LogP contribution < -0.4 is 0 Å². The van der Waals surface area contributed by atoms with E-state index in [2.05, 4.69) is 27.4 Å². The molecule has 0 aliphatic heterocycles. The monoisotopic (exact) mass is 236 g/mol. The predicted molar refractivity (Wildman–Crippen MR) is 69.5 cm³/mol. The highest BCUT2D eigenvalue weighted by molar-refractivity contribution is 5.22. The Bertz CT molecular complexity index is 354. The summed E-state index contributed by atoms with van der Waals surface area (Å²) in [5.41, 5.74) is 2.41. The number of hydrogen-bond donors (Lipinski definition) is 2. The molecule has 2 rings (SSSR count). The second-order valence-corrected chi connectivity index (χ2v) is 6.48. The molecule has 0 spiro atoms. The molecule has 2 heteroatoms. The van der Waals surface area contributed by atoms with Crippen molar-refractivity contribution in [3.05, 3.63) is 23.8 Å². The minimum Gasteiger partial charge on any atom is -0.389 e. The standard InChI is InChI=1S/C15H24O2/c1-9-5-12(16)6-11(9)7-13-10(2)14(17)8-15(13,3)4/h5,11-14,16-17H,2,6-8H2,1,3-4H3/t11-,12+,13+,14+/m0/s1. The van der Waals surface area contributed by atoms with Gasteiger partial charge in [-0.1, -0.05) is 32.1 Å². The van der Waals surface area contributed by atoms with Crippen LogP contribution in [-0.4, -0.2) is 22.4 Å². The maximum Gasteiger partial charge on any atom is 0.0755 e. The molecule has 1 fully saturated rings. The molecule has 2 aliphatic carbocycles. The van der Waals surface area contributed by atoms with Crippen molar-refractivity contribution in [1.29, 1.82) is 0 Å².